The molecule has 0 aliphatic rings. The van der Waals surface area contributed by atoms with Crippen LogP contribution < -0.4 is 0 Å². The molecule has 0 aromatic heterocycles. The topological polar surface area (TPSA) is 37.3 Å². The Kier molecular flexibility index (Phi) is 2.71. The zero-order valence-corrected chi connectivity index (χ0v) is 8.16. The molecule has 0 unspecified atom stereocenters. The van der Waals surface area contributed by atoms with E-state index in [1.807, 2.05) is 32.0 Å². The van der Waals surface area contributed by atoms with E-state index < -0.39 is 11.9 Å². The maximum absolute atomic E-state index is 10.8. The van der Waals surface area contributed by atoms with Crippen molar-refractivity contribution in [3.8, 4) is 0 Å². The van der Waals surface area contributed by atoms with Crippen molar-refractivity contribution in [1.82, 2.24) is 0 Å². The van der Waals surface area contributed by atoms with Gasteiger partial charge >= 0.3 is 5.97 Å². The van der Waals surface area contributed by atoms with Gasteiger partial charge in [-0.1, -0.05) is 18.2 Å². The maximum atomic E-state index is 10.8. The fourth-order valence-electron chi connectivity index (χ4n) is 1.63. The Morgan fingerprint density at radius 2 is 1.77 bits per heavy atom. The number of aryl methyl sites for hydroxylation is 2. The number of aliphatic carboxylic acids is 1. The highest BCUT2D eigenvalue weighted by molar-refractivity contribution is 5.76. The Bertz CT molecular complexity index is 309. The van der Waals surface area contributed by atoms with Crippen LogP contribution in [-0.4, -0.2) is 11.1 Å². The highest BCUT2D eigenvalue weighted by Gasteiger charge is 2.17. The van der Waals surface area contributed by atoms with Crippen molar-refractivity contribution in [3.63, 3.8) is 0 Å². The number of carboxylic acid groups (broad SMARTS) is 1. The van der Waals surface area contributed by atoms with Crippen LogP contribution in [0.15, 0.2) is 18.2 Å². The summed E-state index contributed by atoms with van der Waals surface area (Å²) < 4.78 is 0. The van der Waals surface area contributed by atoms with Gasteiger partial charge in [0.1, 0.15) is 0 Å². The molecule has 13 heavy (non-hydrogen) atoms. The molecule has 1 rings (SSSR count). The lowest BCUT2D eigenvalue weighted by molar-refractivity contribution is -0.138. The molecule has 0 radical (unpaired) electrons. The molecular weight excluding hydrogens is 164 g/mol. The Labute approximate surface area is 78.2 Å². The first kappa shape index (κ1) is 9.78. The second-order valence-corrected chi connectivity index (χ2v) is 3.37. The Morgan fingerprint density at radius 3 is 2.15 bits per heavy atom. The predicted octanol–water partition coefficient (Wildman–Crippen LogP) is 2.49. The van der Waals surface area contributed by atoms with Crippen LogP contribution in [0.5, 0.6) is 0 Å². The van der Waals surface area contributed by atoms with Crippen molar-refractivity contribution < 1.29 is 9.90 Å². The summed E-state index contributed by atoms with van der Waals surface area (Å²) in [7, 11) is 0. The van der Waals surface area contributed by atoms with Crippen molar-refractivity contribution in [2.24, 2.45) is 0 Å². The quantitative estimate of drug-likeness (QED) is 0.755. The number of rotatable bonds is 2. The number of benzene rings is 1. The average molecular weight is 178 g/mol. The molecule has 0 heterocycles. The first-order valence-corrected chi connectivity index (χ1v) is 4.33. The van der Waals surface area contributed by atoms with Crippen LogP contribution in [-0.2, 0) is 4.79 Å². The van der Waals surface area contributed by atoms with Crippen LogP contribution in [0.4, 0.5) is 0 Å². The third-order valence-electron chi connectivity index (χ3n) is 2.35. The molecule has 0 bridgehead atoms. The van der Waals surface area contributed by atoms with E-state index >= 15 is 0 Å². The molecule has 0 saturated heterocycles. The van der Waals surface area contributed by atoms with Gasteiger partial charge in [-0.2, -0.15) is 0 Å². The summed E-state index contributed by atoms with van der Waals surface area (Å²) in [5.41, 5.74) is 3.04. The van der Waals surface area contributed by atoms with Gasteiger partial charge in [-0.3, -0.25) is 4.79 Å². The highest BCUT2D eigenvalue weighted by atomic mass is 16.4. The van der Waals surface area contributed by atoms with Gasteiger partial charge in [0.05, 0.1) is 5.92 Å². The Hall–Kier alpha value is -1.31. The zero-order valence-electron chi connectivity index (χ0n) is 8.16. The molecular formula is C11H14O2. The third-order valence-corrected chi connectivity index (χ3v) is 2.35. The van der Waals surface area contributed by atoms with E-state index in [1.165, 1.54) is 0 Å². The molecule has 1 aromatic carbocycles. The molecule has 2 nitrogen and oxygen atoms in total. The van der Waals surface area contributed by atoms with Crippen molar-refractivity contribution in [2.45, 2.75) is 26.7 Å². The lowest BCUT2D eigenvalue weighted by atomic mass is 9.92. The molecule has 1 aromatic rings. The second kappa shape index (κ2) is 3.60. The second-order valence-electron chi connectivity index (χ2n) is 3.37. The largest absolute Gasteiger partial charge is 0.481 e. The van der Waals surface area contributed by atoms with E-state index in [0.29, 0.717) is 0 Å². The first-order chi connectivity index (χ1) is 6.04. The van der Waals surface area contributed by atoms with Crippen molar-refractivity contribution in [1.29, 1.82) is 0 Å². The molecule has 70 valence electrons. The van der Waals surface area contributed by atoms with E-state index in [4.69, 9.17) is 5.11 Å². The first-order valence-electron chi connectivity index (χ1n) is 4.33. The van der Waals surface area contributed by atoms with Gasteiger partial charge < -0.3 is 5.11 Å². The third kappa shape index (κ3) is 1.89. The highest BCUT2D eigenvalue weighted by Crippen LogP contribution is 2.23. The van der Waals surface area contributed by atoms with Crippen molar-refractivity contribution in [3.05, 3.63) is 34.9 Å². The maximum Gasteiger partial charge on any atom is 0.310 e. The molecule has 0 amide bonds. The summed E-state index contributed by atoms with van der Waals surface area (Å²) in [4.78, 5) is 10.8. The molecule has 0 saturated carbocycles. The summed E-state index contributed by atoms with van der Waals surface area (Å²) >= 11 is 0. The van der Waals surface area contributed by atoms with Gasteiger partial charge in [-0.15, -0.1) is 0 Å². The lowest BCUT2D eigenvalue weighted by Gasteiger charge is -2.13. The van der Waals surface area contributed by atoms with E-state index in [1.54, 1.807) is 6.92 Å². The normalized spacial score (nSPS) is 12.5. The predicted molar refractivity (Wildman–Crippen MR) is 52.0 cm³/mol. The minimum absolute atomic E-state index is 0.416. The van der Waals surface area contributed by atoms with Crippen molar-refractivity contribution >= 4 is 5.97 Å². The lowest BCUT2D eigenvalue weighted by Crippen LogP contribution is -2.10. The van der Waals surface area contributed by atoms with Crippen LogP contribution in [0.2, 0.25) is 0 Å². The van der Waals surface area contributed by atoms with Gasteiger partial charge in [-0.05, 0) is 37.5 Å². The molecule has 2 heteroatoms. The van der Waals surface area contributed by atoms with Crippen molar-refractivity contribution in [2.75, 3.05) is 0 Å². The summed E-state index contributed by atoms with van der Waals surface area (Å²) in [5.74, 6) is -1.18. The molecule has 0 aliphatic heterocycles. The minimum atomic E-state index is -0.766. The fourth-order valence-corrected chi connectivity index (χ4v) is 1.63. The number of hydrogen-bond acceptors (Lipinski definition) is 1. The summed E-state index contributed by atoms with van der Waals surface area (Å²) in [6.45, 7) is 5.61. The van der Waals surface area contributed by atoms with Crippen LogP contribution in [0.25, 0.3) is 0 Å². The van der Waals surface area contributed by atoms with Crippen LogP contribution >= 0.6 is 0 Å². The van der Waals surface area contributed by atoms with Gasteiger partial charge in [0.15, 0.2) is 0 Å². The Morgan fingerprint density at radius 1 is 1.31 bits per heavy atom. The fraction of sp³-hybridized carbons (Fsp3) is 0.364. The number of carboxylic acids is 1. The minimum Gasteiger partial charge on any atom is -0.481 e. The van der Waals surface area contributed by atoms with Crippen LogP contribution in [0, 0.1) is 13.8 Å². The van der Waals surface area contributed by atoms with Gasteiger partial charge in [-0.25, -0.2) is 0 Å². The Balaban J connectivity index is 3.20. The van der Waals surface area contributed by atoms with Gasteiger partial charge in [0, 0.05) is 0 Å². The van der Waals surface area contributed by atoms with E-state index in [-0.39, 0.29) is 0 Å². The standard InChI is InChI=1S/C11H14O2/c1-7-5-4-6-8(2)10(7)9(3)11(12)13/h4-6,9H,1-3H3,(H,12,13)/t9-/m1/s1. The van der Waals surface area contributed by atoms with Gasteiger partial charge in [0.25, 0.3) is 0 Å². The monoisotopic (exact) mass is 178 g/mol. The molecule has 0 aliphatic carbocycles. The molecule has 1 N–H and O–H groups in total. The number of carbonyl (C=O) groups is 1. The van der Waals surface area contributed by atoms with E-state index in [2.05, 4.69) is 0 Å². The zero-order chi connectivity index (χ0) is 10.0. The summed E-state index contributed by atoms with van der Waals surface area (Å²) in [5, 5.41) is 8.88. The SMILES string of the molecule is Cc1cccc(C)c1[C@@H](C)C(=O)O. The van der Waals surface area contributed by atoms with E-state index in [9.17, 15) is 4.79 Å². The molecule has 1 atom stereocenters. The number of hydrogen-bond donors (Lipinski definition) is 1. The van der Waals surface area contributed by atoms with Crippen LogP contribution in [0.3, 0.4) is 0 Å². The average Bonchev–Trinajstić information content (AvgIpc) is 2.03. The smallest absolute Gasteiger partial charge is 0.310 e. The molecule has 0 spiro atoms. The molecule has 0 fully saturated rings. The summed E-state index contributed by atoms with van der Waals surface area (Å²) in [6, 6.07) is 5.84. The van der Waals surface area contributed by atoms with Crippen LogP contribution in [0.1, 0.15) is 29.5 Å². The van der Waals surface area contributed by atoms with Gasteiger partial charge in [0.2, 0.25) is 0 Å². The van der Waals surface area contributed by atoms with E-state index in [0.717, 1.165) is 16.7 Å². The summed E-state index contributed by atoms with van der Waals surface area (Å²) in [6.07, 6.45) is 0.